The van der Waals surface area contributed by atoms with Gasteiger partial charge in [0.1, 0.15) is 23.1 Å². The second-order valence-corrected chi connectivity index (χ2v) is 14.3. The number of hydrogen-bond acceptors (Lipinski definition) is 4. The zero-order valence-electron chi connectivity index (χ0n) is 31.0. The monoisotopic (exact) mass is 706 g/mol. The predicted molar refractivity (Wildman–Crippen MR) is 219 cm³/mol. The molecule has 8 aromatic rings. The fraction of sp³-hybridized carbons (Fsp3) is 0.167. The molecule has 9 rings (SSSR count). The third-order valence-electron chi connectivity index (χ3n) is 10.9. The first-order valence-corrected chi connectivity index (χ1v) is 18.7. The van der Waals surface area contributed by atoms with E-state index in [1.165, 1.54) is 22.3 Å². The van der Waals surface area contributed by atoms with Gasteiger partial charge in [-0.3, -0.25) is 4.57 Å². The normalized spacial score (nSPS) is 15.7. The molecule has 0 saturated heterocycles. The molecule has 1 aliphatic carbocycles. The first kappa shape index (κ1) is 33.4. The second kappa shape index (κ2) is 13.9. The van der Waals surface area contributed by atoms with E-state index in [-0.39, 0.29) is 5.92 Å². The van der Waals surface area contributed by atoms with Gasteiger partial charge >= 0.3 is 0 Å². The van der Waals surface area contributed by atoms with Crippen molar-refractivity contribution in [3.8, 4) is 28.8 Å². The van der Waals surface area contributed by atoms with Crippen molar-refractivity contribution in [2.75, 3.05) is 7.11 Å². The number of pyridine rings is 1. The number of allylic oxidation sites excluding steroid dienone is 2. The SMILES string of the molecule is COc1ccnc(-n2c3ccccc3c3ccc(Oc4cc(C)cc(-n5nc(C)c([C@@H]6C(c7ccccc7)=CCC[C@@H]6c6ccccc6)c5C)c4)cc32)c1. The number of aryl methyl sites for hydroxylation is 2. The zero-order valence-corrected chi connectivity index (χ0v) is 31.0. The Morgan fingerprint density at radius 2 is 1.44 bits per heavy atom. The highest BCUT2D eigenvalue weighted by Gasteiger charge is 2.35. The molecule has 0 spiro atoms. The van der Waals surface area contributed by atoms with Crippen LogP contribution < -0.4 is 9.47 Å². The predicted octanol–water partition coefficient (Wildman–Crippen LogP) is 11.8. The number of para-hydroxylation sites is 1. The Labute approximate surface area is 316 Å². The van der Waals surface area contributed by atoms with Crippen LogP contribution in [0.15, 0.2) is 146 Å². The van der Waals surface area contributed by atoms with Gasteiger partial charge in [-0.05, 0) is 98.2 Å². The van der Waals surface area contributed by atoms with E-state index in [0.29, 0.717) is 5.92 Å². The summed E-state index contributed by atoms with van der Waals surface area (Å²) < 4.78 is 16.5. The van der Waals surface area contributed by atoms with Gasteiger partial charge in [0.25, 0.3) is 0 Å². The number of benzene rings is 5. The molecule has 6 nitrogen and oxygen atoms in total. The van der Waals surface area contributed by atoms with Gasteiger partial charge in [-0.2, -0.15) is 5.10 Å². The van der Waals surface area contributed by atoms with Crippen LogP contribution in [0.2, 0.25) is 0 Å². The lowest BCUT2D eigenvalue weighted by atomic mass is 9.69. The van der Waals surface area contributed by atoms with Gasteiger partial charge in [0.15, 0.2) is 0 Å². The zero-order chi connectivity index (χ0) is 36.8. The molecule has 1 aliphatic rings. The van der Waals surface area contributed by atoms with Gasteiger partial charge in [0.2, 0.25) is 0 Å². The molecule has 3 aromatic heterocycles. The molecule has 0 aliphatic heterocycles. The maximum absolute atomic E-state index is 6.70. The van der Waals surface area contributed by atoms with Crippen LogP contribution in [0.3, 0.4) is 0 Å². The summed E-state index contributed by atoms with van der Waals surface area (Å²) in [5, 5.41) is 7.52. The Balaban J connectivity index is 1.11. The van der Waals surface area contributed by atoms with Gasteiger partial charge in [-0.15, -0.1) is 0 Å². The first-order valence-electron chi connectivity index (χ1n) is 18.7. The molecule has 2 atom stereocenters. The quantitative estimate of drug-likeness (QED) is 0.158. The molecule has 5 aromatic carbocycles. The molecule has 6 heteroatoms. The van der Waals surface area contributed by atoms with Crippen LogP contribution in [0, 0.1) is 20.8 Å². The molecular weight excluding hydrogens is 665 g/mol. The van der Waals surface area contributed by atoms with Crippen molar-refractivity contribution in [2.24, 2.45) is 0 Å². The summed E-state index contributed by atoms with van der Waals surface area (Å²) in [4.78, 5) is 4.72. The van der Waals surface area contributed by atoms with Crippen LogP contribution in [0.4, 0.5) is 0 Å². The van der Waals surface area contributed by atoms with E-state index < -0.39 is 0 Å². The van der Waals surface area contributed by atoms with Crippen molar-refractivity contribution in [3.63, 3.8) is 0 Å². The smallest absolute Gasteiger partial charge is 0.141 e. The molecule has 3 heterocycles. The molecule has 0 unspecified atom stereocenters. The van der Waals surface area contributed by atoms with Crippen LogP contribution in [0.5, 0.6) is 17.2 Å². The fourth-order valence-electron chi connectivity index (χ4n) is 8.58. The van der Waals surface area contributed by atoms with Crippen molar-refractivity contribution >= 4 is 27.4 Å². The molecule has 0 N–H and O–H groups in total. The van der Waals surface area contributed by atoms with Gasteiger partial charge in [-0.1, -0.05) is 84.9 Å². The van der Waals surface area contributed by atoms with Crippen molar-refractivity contribution in [3.05, 3.63) is 179 Å². The summed E-state index contributed by atoms with van der Waals surface area (Å²) >= 11 is 0. The lowest BCUT2D eigenvalue weighted by Gasteiger charge is -2.34. The highest BCUT2D eigenvalue weighted by molar-refractivity contribution is 6.09. The summed E-state index contributed by atoms with van der Waals surface area (Å²) in [7, 11) is 1.68. The van der Waals surface area contributed by atoms with Crippen LogP contribution in [-0.4, -0.2) is 26.4 Å². The van der Waals surface area contributed by atoms with E-state index in [1.54, 1.807) is 13.3 Å². The Morgan fingerprint density at radius 1 is 0.685 bits per heavy atom. The van der Waals surface area contributed by atoms with Gasteiger partial charge in [0.05, 0.1) is 29.5 Å². The third kappa shape index (κ3) is 5.94. The van der Waals surface area contributed by atoms with Crippen molar-refractivity contribution in [2.45, 2.75) is 45.4 Å². The molecule has 0 bridgehead atoms. The average molecular weight is 707 g/mol. The topological polar surface area (TPSA) is 54.1 Å². The summed E-state index contributed by atoms with van der Waals surface area (Å²) in [6, 6.07) is 46.8. The Morgan fingerprint density at radius 3 is 2.26 bits per heavy atom. The maximum atomic E-state index is 6.70. The second-order valence-electron chi connectivity index (χ2n) is 14.3. The lowest BCUT2D eigenvalue weighted by molar-refractivity contribution is 0.414. The van der Waals surface area contributed by atoms with E-state index in [1.807, 2.05) is 18.2 Å². The molecule has 266 valence electrons. The average Bonchev–Trinajstić information content (AvgIpc) is 3.70. The largest absolute Gasteiger partial charge is 0.497 e. The minimum absolute atomic E-state index is 0.176. The summed E-state index contributed by atoms with van der Waals surface area (Å²) in [5.74, 6) is 3.56. The van der Waals surface area contributed by atoms with E-state index in [9.17, 15) is 0 Å². The van der Waals surface area contributed by atoms with Crippen molar-refractivity contribution in [1.29, 1.82) is 0 Å². The Kier molecular flexibility index (Phi) is 8.58. The lowest BCUT2D eigenvalue weighted by Crippen LogP contribution is -2.18. The van der Waals surface area contributed by atoms with Crippen LogP contribution in [0.1, 0.15) is 58.3 Å². The minimum atomic E-state index is 0.176. The van der Waals surface area contributed by atoms with E-state index in [2.05, 4.69) is 151 Å². The van der Waals surface area contributed by atoms with Crippen molar-refractivity contribution < 1.29 is 9.47 Å². The van der Waals surface area contributed by atoms with Crippen LogP contribution >= 0.6 is 0 Å². The van der Waals surface area contributed by atoms with Crippen molar-refractivity contribution in [1.82, 2.24) is 19.3 Å². The molecule has 0 amide bonds. The van der Waals surface area contributed by atoms with Crippen LogP contribution in [-0.2, 0) is 0 Å². The number of aromatic nitrogens is 4. The molecule has 0 radical (unpaired) electrons. The van der Waals surface area contributed by atoms with E-state index in [4.69, 9.17) is 19.6 Å². The number of nitrogens with zero attached hydrogens (tertiary/aromatic N) is 4. The van der Waals surface area contributed by atoms with Crippen LogP contribution in [0.25, 0.3) is 38.9 Å². The number of fused-ring (bicyclic) bond motifs is 3. The number of rotatable bonds is 8. The number of hydrogen-bond donors (Lipinski definition) is 0. The van der Waals surface area contributed by atoms with Gasteiger partial charge in [0, 0.05) is 52.3 Å². The fourth-order valence-corrected chi connectivity index (χ4v) is 8.58. The van der Waals surface area contributed by atoms with Gasteiger partial charge in [-0.25, -0.2) is 9.67 Å². The summed E-state index contributed by atoms with van der Waals surface area (Å²) in [6.45, 7) is 6.49. The Bertz CT molecular complexity index is 2670. The third-order valence-corrected chi connectivity index (χ3v) is 10.9. The van der Waals surface area contributed by atoms with E-state index >= 15 is 0 Å². The molecule has 0 saturated carbocycles. The summed E-state index contributed by atoms with van der Waals surface area (Å²) in [5.41, 5.74) is 11.7. The molecule has 54 heavy (non-hydrogen) atoms. The van der Waals surface area contributed by atoms with Gasteiger partial charge < -0.3 is 9.47 Å². The first-order chi connectivity index (χ1) is 26.5. The highest BCUT2D eigenvalue weighted by Crippen LogP contribution is 2.50. The summed E-state index contributed by atoms with van der Waals surface area (Å²) in [6.07, 6.45) is 6.37. The van der Waals surface area contributed by atoms with E-state index in [0.717, 1.165) is 80.4 Å². The minimum Gasteiger partial charge on any atom is -0.497 e. The molecule has 0 fully saturated rings. The number of methoxy groups -OCH3 is 1. The Hall–Kier alpha value is -6.40. The standard InChI is InChI=1S/C48H42N4O2/c1-31-26-36(52-33(3)47(32(2)50-52)48-40(34-14-7-5-8-15-34)19-13-20-41(48)35-16-9-6-10-17-35)28-39(27-31)54-38-22-23-43-42-18-11-12-21-44(42)51(45(43)29-38)46-30-37(53-4)24-25-49-46/h5-12,14-19,21-30,41,48H,13,20H2,1-4H3/t41-,48-/m1/s1. The highest BCUT2D eigenvalue weighted by atomic mass is 16.5. The maximum Gasteiger partial charge on any atom is 0.141 e. The number of ether oxygens (including phenoxy) is 2. The molecular formula is C48H42N4O2.